The van der Waals surface area contributed by atoms with Crippen LogP contribution in [0.2, 0.25) is 0 Å². The molecule has 2 N–H and O–H groups in total. The zero-order valence-electron chi connectivity index (χ0n) is 18.3. The van der Waals surface area contributed by atoms with Gasteiger partial charge in [-0.05, 0) is 43.2 Å². The van der Waals surface area contributed by atoms with E-state index in [1.165, 1.54) is 7.11 Å². The number of fused-ring (bicyclic) bond motifs is 1. The molecule has 2 atom stereocenters. The molecule has 0 spiro atoms. The van der Waals surface area contributed by atoms with Gasteiger partial charge in [-0.3, -0.25) is 0 Å². The third-order valence-corrected chi connectivity index (χ3v) is 4.87. The molecule has 1 aromatic heterocycles. The fourth-order valence-corrected chi connectivity index (χ4v) is 3.25. The van der Waals surface area contributed by atoms with Gasteiger partial charge < -0.3 is 29.1 Å². The topological polar surface area (TPSA) is 90.2 Å². The molecule has 0 amide bonds. The van der Waals surface area contributed by atoms with Gasteiger partial charge in [-0.25, -0.2) is 4.79 Å². The molecule has 2 aromatic carbocycles. The summed E-state index contributed by atoms with van der Waals surface area (Å²) in [7, 11) is 1.33. The maximum atomic E-state index is 11.2. The van der Waals surface area contributed by atoms with Crippen molar-refractivity contribution in [1.29, 1.82) is 0 Å². The van der Waals surface area contributed by atoms with Crippen molar-refractivity contribution in [3.8, 4) is 5.75 Å². The molecule has 0 aliphatic rings. The molecular weight excluding hydrogens is 434 g/mol. The number of benzene rings is 2. The second-order valence-electron chi connectivity index (χ2n) is 7.29. The van der Waals surface area contributed by atoms with Gasteiger partial charge in [0, 0.05) is 18.0 Å². The summed E-state index contributed by atoms with van der Waals surface area (Å²) in [6.07, 6.45) is 0.514. The molecule has 0 radical (unpaired) electrons. The third-order valence-electron chi connectivity index (χ3n) is 4.87. The lowest BCUT2D eigenvalue weighted by Crippen LogP contribution is -2.33. The minimum absolute atomic E-state index is 0. The van der Waals surface area contributed by atoms with Gasteiger partial charge in [0.15, 0.2) is 6.61 Å². The average Bonchev–Trinajstić information content (AvgIpc) is 3.22. The molecule has 7 nitrogen and oxygen atoms in total. The number of methoxy groups -OCH3 is 1. The van der Waals surface area contributed by atoms with Crippen molar-refractivity contribution in [2.45, 2.75) is 25.5 Å². The fraction of sp³-hybridized carbons (Fsp3) is 0.375. The first-order valence-corrected chi connectivity index (χ1v) is 10.3. The number of carbonyl (C=O) groups excluding carboxylic acids is 1. The summed E-state index contributed by atoms with van der Waals surface area (Å²) in [5, 5.41) is 13.7. The zero-order valence-corrected chi connectivity index (χ0v) is 19.1. The van der Waals surface area contributed by atoms with Gasteiger partial charge in [0.05, 0.1) is 20.3 Å². The Morgan fingerprint density at radius 1 is 1.16 bits per heavy atom. The van der Waals surface area contributed by atoms with E-state index in [1.54, 1.807) is 0 Å². The van der Waals surface area contributed by atoms with Crippen LogP contribution in [0.15, 0.2) is 59.0 Å². The molecule has 2 unspecified atom stereocenters. The molecule has 3 rings (SSSR count). The molecule has 174 valence electrons. The predicted octanol–water partition coefficient (Wildman–Crippen LogP) is 3.68. The van der Waals surface area contributed by atoms with E-state index in [-0.39, 0.29) is 44.4 Å². The minimum atomic E-state index is -0.413. The maximum absolute atomic E-state index is 11.2. The van der Waals surface area contributed by atoms with Gasteiger partial charge in [0.25, 0.3) is 0 Å². The van der Waals surface area contributed by atoms with Crippen LogP contribution in [0.1, 0.15) is 24.4 Å². The number of hydrogen-bond acceptors (Lipinski definition) is 7. The quantitative estimate of drug-likeness (QED) is 0.396. The molecule has 0 saturated heterocycles. The Morgan fingerprint density at radius 2 is 1.91 bits per heavy atom. The van der Waals surface area contributed by atoms with Crippen molar-refractivity contribution < 1.29 is 28.5 Å². The number of hydrogen-bond donors (Lipinski definition) is 2. The highest BCUT2D eigenvalue weighted by molar-refractivity contribution is 5.85. The number of para-hydroxylation sites is 1. The van der Waals surface area contributed by atoms with Crippen LogP contribution in [-0.4, -0.2) is 50.6 Å². The average molecular weight is 464 g/mol. The van der Waals surface area contributed by atoms with E-state index in [0.29, 0.717) is 12.3 Å². The summed E-state index contributed by atoms with van der Waals surface area (Å²) in [6, 6.07) is 17.6. The van der Waals surface area contributed by atoms with E-state index in [4.69, 9.17) is 19.0 Å². The van der Waals surface area contributed by atoms with E-state index in [2.05, 4.69) is 17.0 Å². The SMILES string of the molecule is COC(=O)COc1ccc(CC(C)NCC(OCCO)c2cc3ccccc3o2)cc1.Cl. The van der Waals surface area contributed by atoms with E-state index in [1.807, 2.05) is 54.6 Å². The number of ether oxygens (including phenoxy) is 3. The van der Waals surface area contributed by atoms with Gasteiger partial charge in [0.1, 0.15) is 23.2 Å². The van der Waals surface area contributed by atoms with Crippen molar-refractivity contribution in [1.82, 2.24) is 5.32 Å². The van der Waals surface area contributed by atoms with Crippen molar-refractivity contribution in [2.75, 3.05) is 33.5 Å². The van der Waals surface area contributed by atoms with Crippen LogP contribution in [0.4, 0.5) is 0 Å². The number of rotatable bonds is 12. The first kappa shape index (κ1) is 25.7. The molecule has 0 aliphatic heterocycles. The molecule has 0 aliphatic carbocycles. The Balaban J connectivity index is 0.00000363. The van der Waals surface area contributed by atoms with Crippen molar-refractivity contribution >= 4 is 29.3 Å². The van der Waals surface area contributed by atoms with Gasteiger partial charge in [-0.1, -0.05) is 30.3 Å². The molecule has 32 heavy (non-hydrogen) atoms. The Kier molecular flexibility index (Phi) is 10.5. The molecule has 1 heterocycles. The molecular formula is C24H30ClNO6. The summed E-state index contributed by atoms with van der Waals surface area (Å²) in [6.45, 7) is 2.75. The summed E-state index contributed by atoms with van der Waals surface area (Å²) in [5.74, 6) is 0.947. The highest BCUT2D eigenvalue weighted by atomic mass is 35.5. The lowest BCUT2D eigenvalue weighted by molar-refractivity contribution is -0.142. The summed E-state index contributed by atoms with van der Waals surface area (Å²) < 4.78 is 21.7. The van der Waals surface area contributed by atoms with Crippen LogP contribution in [-0.2, 0) is 20.7 Å². The Bertz CT molecular complexity index is 926. The molecule has 0 saturated carbocycles. The number of esters is 1. The zero-order chi connectivity index (χ0) is 22.1. The van der Waals surface area contributed by atoms with Crippen molar-refractivity contribution in [3.63, 3.8) is 0 Å². The lowest BCUT2D eigenvalue weighted by Gasteiger charge is -2.20. The summed E-state index contributed by atoms with van der Waals surface area (Å²) >= 11 is 0. The molecule has 3 aromatic rings. The first-order chi connectivity index (χ1) is 15.1. The van der Waals surface area contributed by atoms with Gasteiger partial charge in [-0.15, -0.1) is 12.4 Å². The van der Waals surface area contributed by atoms with E-state index in [0.717, 1.165) is 28.7 Å². The van der Waals surface area contributed by atoms with Crippen molar-refractivity contribution in [2.24, 2.45) is 0 Å². The lowest BCUT2D eigenvalue weighted by atomic mass is 10.1. The van der Waals surface area contributed by atoms with Gasteiger partial charge in [-0.2, -0.15) is 0 Å². The van der Waals surface area contributed by atoms with Gasteiger partial charge in [0.2, 0.25) is 0 Å². The number of aliphatic hydroxyl groups excluding tert-OH is 1. The predicted molar refractivity (Wildman–Crippen MR) is 124 cm³/mol. The minimum Gasteiger partial charge on any atom is -0.482 e. The molecule has 0 bridgehead atoms. The van der Waals surface area contributed by atoms with Gasteiger partial charge >= 0.3 is 5.97 Å². The number of halogens is 1. The summed E-state index contributed by atoms with van der Waals surface area (Å²) in [5.41, 5.74) is 1.96. The molecule has 0 fully saturated rings. The Morgan fingerprint density at radius 3 is 2.59 bits per heavy atom. The smallest absolute Gasteiger partial charge is 0.343 e. The monoisotopic (exact) mass is 463 g/mol. The maximum Gasteiger partial charge on any atom is 0.343 e. The fourth-order valence-electron chi connectivity index (χ4n) is 3.25. The van der Waals surface area contributed by atoms with Crippen LogP contribution in [0.5, 0.6) is 5.75 Å². The molecule has 8 heteroatoms. The van der Waals surface area contributed by atoms with E-state index < -0.39 is 5.97 Å². The first-order valence-electron chi connectivity index (χ1n) is 10.3. The van der Waals surface area contributed by atoms with Crippen LogP contribution >= 0.6 is 12.4 Å². The standard InChI is InChI=1S/C24H29NO6.ClH/c1-17(13-18-7-9-20(10-8-18)30-16-24(27)28-2)25-15-23(29-12-11-26)22-14-19-5-3-4-6-21(19)31-22;/h3-10,14,17,23,25-26H,11-13,15-16H2,1-2H3;1H. The van der Waals surface area contributed by atoms with E-state index in [9.17, 15) is 4.79 Å². The second-order valence-corrected chi connectivity index (χ2v) is 7.29. The van der Waals surface area contributed by atoms with Crippen LogP contribution in [0, 0.1) is 0 Å². The highest BCUT2D eigenvalue weighted by Gasteiger charge is 2.18. The summed E-state index contributed by atoms with van der Waals surface area (Å²) in [4.78, 5) is 11.2. The number of furan rings is 1. The Hall–Kier alpha value is -2.58. The number of carbonyl (C=O) groups is 1. The highest BCUT2D eigenvalue weighted by Crippen LogP contribution is 2.26. The number of nitrogens with one attached hydrogen (secondary N) is 1. The van der Waals surface area contributed by atoms with Crippen molar-refractivity contribution in [3.05, 3.63) is 65.9 Å². The van der Waals surface area contributed by atoms with Crippen LogP contribution in [0.25, 0.3) is 11.0 Å². The normalized spacial score (nSPS) is 12.7. The van der Waals surface area contributed by atoms with E-state index >= 15 is 0 Å². The van der Waals surface area contributed by atoms with Crippen LogP contribution < -0.4 is 10.1 Å². The number of aliphatic hydroxyl groups is 1. The largest absolute Gasteiger partial charge is 0.482 e. The second kappa shape index (κ2) is 13.1. The van der Waals surface area contributed by atoms with Crippen LogP contribution in [0.3, 0.4) is 0 Å². The Labute approximate surface area is 194 Å². The third kappa shape index (κ3) is 7.53.